The molecule has 170 valence electrons. The third kappa shape index (κ3) is 3.90. The van der Waals surface area contributed by atoms with Crippen molar-refractivity contribution in [2.45, 2.75) is 26.9 Å². The molecule has 0 bridgehead atoms. The number of aryl methyl sites for hydroxylation is 2. The van der Waals surface area contributed by atoms with Crippen LogP contribution in [0.15, 0.2) is 73.1 Å². The number of nitro benzene ring substituents is 1. The molecule has 0 saturated carbocycles. The molecule has 0 unspecified atom stereocenters. The summed E-state index contributed by atoms with van der Waals surface area (Å²) in [5.41, 5.74) is 5.98. The van der Waals surface area contributed by atoms with Crippen LogP contribution in [0.2, 0.25) is 0 Å². The minimum atomic E-state index is -0.445. The SMILES string of the molecule is Cc1ccc(-n2nc3c(c2-n2cccc2)CN(C(=O)/C=C/c2ccc([N+](=O)[O-])cc2)C3)c(C)c1. The number of rotatable bonds is 5. The van der Waals surface area contributed by atoms with Gasteiger partial charge in [0, 0.05) is 36.2 Å². The average Bonchev–Trinajstić information content (AvgIpc) is 3.54. The first-order valence-corrected chi connectivity index (χ1v) is 10.9. The van der Waals surface area contributed by atoms with Crippen molar-refractivity contribution in [3.8, 4) is 11.5 Å². The maximum Gasteiger partial charge on any atom is 0.269 e. The van der Waals surface area contributed by atoms with Crippen LogP contribution in [0.25, 0.3) is 17.6 Å². The van der Waals surface area contributed by atoms with E-state index in [-0.39, 0.29) is 11.6 Å². The summed E-state index contributed by atoms with van der Waals surface area (Å²) in [5, 5.41) is 15.7. The third-order valence-electron chi connectivity index (χ3n) is 5.99. The van der Waals surface area contributed by atoms with Crippen molar-refractivity contribution in [2.24, 2.45) is 0 Å². The number of nitrogens with zero attached hydrogens (tertiary/aromatic N) is 5. The summed E-state index contributed by atoms with van der Waals surface area (Å²) < 4.78 is 4.00. The number of fused-ring (bicyclic) bond motifs is 1. The molecule has 0 saturated heterocycles. The summed E-state index contributed by atoms with van der Waals surface area (Å²) in [6.45, 7) is 5.02. The molecule has 0 aliphatic carbocycles. The Bertz CT molecular complexity index is 1420. The third-order valence-corrected chi connectivity index (χ3v) is 5.99. The Morgan fingerprint density at radius 2 is 1.79 bits per heavy atom. The minimum Gasteiger partial charge on any atom is -0.329 e. The predicted octanol–water partition coefficient (Wildman–Crippen LogP) is 4.74. The zero-order chi connectivity index (χ0) is 23.8. The van der Waals surface area contributed by atoms with Crippen molar-refractivity contribution in [1.29, 1.82) is 0 Å². The highest BCUT2D eigenvalue weighted by molar-refractivity contribution is 5.92. The van der Waals surface area contributed by atoms with Gasteiger partial charge in [0.2, 0.25) is 5.91 Å². The molecule has 3 heterocycles. The summed E-state index contributed by atoms with van der Waals surface area (Å²) in [5.74, 6) is 0.800. The van der Waals surface area contributed by atoms with Gasteiger partial charge in [-0.05, 0) is 61.4 Å². The largest absolute Gasteiger partial charge is 0.329 e. The lowest BCUT2D eigenvalue weighted by Gasteiger charge is -2.17. The molecule has 1 aliphatic rings. The van der Waals surface area contributed by atoms with Crippen LogP contribution in [-0.4, -0.2) is 30.1 Å². The molecule has 0 atom stereocenters. The highest BCUT2D eigenvalue weighted by Gasteiger charge is 2.30. The monoisotopic (exact) mass is 453 g/mol. The van der Waals surface area contributed by atoms with E-state index >= 15 is 0 Å². The number of amides is 1. The first-order valence-electron chi connectivity index (χ1n) is 10.9. The maximum atomic E-state index is 12.9. The first-order chi connectivity index (χ1) is 16.4. The number of aromatic nitrogens is 3. The summed E-state index contributed by atoms with van der Waals surface area (Å²) >= 11 is 0. The Morgan fingerprint density at radius 1 is 1.06 bits per heavy atom. The Kier molecular flexibility index (Phi) is 5.33. The molecular formula is C26H23N5O3. The number of non-ortho nitro benzene ring substituents is 1. The average molecular weight is 454 g/mol. The maximum absolute atomic E-state index is 12.9. The standard InChI is InChI=1S/C26H23N5O3/c1-18-5-11-24(19(2)15-18)30-26(28-13-3-4-14-28)22-16-29(17-23(22)27-30)25(32)12-8-20-6-9-21(10-7-20)31(33)34/h3-15H,16-17H2,1-2H3/b12-8+. The van der Waals surface area contributed by atoms with E-state index in [4.69, 9.17) is 5.10 Å². The van der Waals surface area contributed by atoms with Crippen molar-refractivity contribution in [3.05, 3.63) is 111 Å². The Morgan fingerprint density at radius 3 is 2.47 bits per heavy atom. The fourth-order valence-corrected chi connectivity index (χ4v) is 4.29. The van der Waals surface area contributed by atoms with Gasteiger partial charge in [-0.2, -0.15) is 5.10 Å². The van der Waals surface area contributed by atoms with Crippen LogP contribution in [0.4, 0.5) is 5.69 Å². The van der Waals surface area contributed by atoms with Crippen LogP contribution < -0.4 is 0 Å². The van der Waals surface area contributed by atoms with Gasteiger partial charge in [0.15, 0.2) is 0 Å². The Hall–Kier alpha value is -4.46. The molecule has 8 nitrogen and oxygen atoms in total. The number of carbonyl (C=O) groups is 1. The summed E-state index contributed by atoms with van der Waals surface area (Å²) in [6.07, 6.45) is 7.14. The van der Waals surface area contributed by atoms with Gasteiger partial charge >= 0.3 is 0 Å². The fourth-order valence-electron chi connectivity index (χ4n) is 4.29. The minimum absolute atomic E-state index is 0.0201. The summed E-state index contributed by atoms with van der Waals surface area (Å²) in [4.78, 5) is 25.0. The first kappa shape index (κ1) is 21.4. The van der Waals surface area contributed by atoms with Crippen LogP contribution in [0.5, 0.6) is 0 Å². The molecule has 0 fully saturated rings. The van der Waals surface area contributed by atoms with Gasteiger partial charge in [0.1, 0.15) is 5.82 Å². The second kappa shape index (κ2) is 8.47. The number of nitro groups is 1. The molecule has 34 heavy (non-hydrogen) atoms. The van der Waals surface area contributed by atoms with Crippen LogP contribution in [0.1, 0.15) is 27.9 Å². The van der Waals surface area contributed by atoms with Gasteiger partial charge < -0.3 is 9.47 Å². The van der Waals surface area contributed by atoms with Gasteiger partial charge in [-0.3, -0.25) is 14.9 Å². The quantitative estimate of drug-likeness (QED) is 0.248. The number of hydrogen-bond acceptors (Lipinski definition) is 4. The molecule has 0 spiro atoms. The highest BCUT2D eigenvalue weighted by Crippen LogP contribution is 2.31. The molecule has 4 aromatic rings. The van der Waals surface area contributed by atoms with Gasteiger partial charge in [-0.15, -0.1) is 0 Å². The smallest absolute Gasteiger partial charge is 0.269 e. The summed E-state index contributed by atoms with van der Waals surface area (Å²) in [6, 6.07) is 16.3. The lowest BCUT2D eigenvalue weighted by Crippen LogP contribution is -2.24. The molecule has 8 heteroatoms. The van der Waals surface area contributed by atoms with E-state index in [1.165, 1.54) is 23.8 Å². The molecule has 0 N–H and O–H groups in total. The van der Waals surface area contributed by atoms with Crippen LogP contribution in [0.3, 0.4) is 0 Å². The van der Waals surface area contributed by atoms with E-state index in [9.17, 15) is 14.9 Å². The number of hydrogen-bond donors (Lipinski definition) is 0. The number of carbonyl (C=O) groups excluding carboxylic acids is 1. The molecular weight excluding hydrogens is 430 g/mol. The molecule has 1 aliphatic heterocycles. The molecule has 0 radical (unpaired) electrons. The molecule has 2 aromatic heterocycles. The second-order valence-corrected chi connectivity index (χ2v) is 8.42. The van der Waals surface area contributed by atoms with Crippen molar-refractivity contribution in [2.75, 3.05) is 0 Å². The van der Waals surface area contributed by atoms with E-state index in [1.54, 1.807) is 23.1 Å². The molecule has 5 rings (SSSR count). The topological polar surface area (TPSA) is 86.2 Å². The zero-order valence-electron chi connectivity index (χ0n) is 18.9. The normalized spacial score (nSPS) is 12.9. The molecule has 2 aromatic carbocycles. The Balaban J connectivity index is 1.42. The van der Waals surface area contributed by atoms with Crippen LogP contribution in [-0.2, 0) is 17.9 Å². The lowest BCUT2D eigenvalue weighted by molar-refractivity contribution is -0.384. The molecule has 1 amide bonds. The zero-order valence-corrected chi connectivity index (χ0v) is 18.9. The van der Waals surface area contributed by atoms with Crippen LogP contribution in [0, 0.1) is 24.0 Å². The van der Waals surface area contributed by atoms with Crippen molar-refractivity contribution in [1.82, 2.24) is 19.2 Å². The van der Waals surface area contributed by atoms with E-state index in [0.717, 1.165) is 33.9 Å². The van der Waals surface area contributed by atoms with Crippen LogP contribution >= 0.6 is 0 Å². The Labute approximate surface area is 196 Å². The van der Waals surface area contributed by atoms with Gasteiger partial charge in [-0.1, -0.05) is 17.7 Å². The summed E-state index contributed by atoms with van der Waals surface area (Å²) in [7, 11) is 0. The van der Waals surface area contributed by atoms with E-state index in [0.29, 0.717) is 13.1 Å². The van der Waals surface area contributed by atoms with E-state index < -0.39 is 4.92 Å². The highest BCUT2D eigenvalue weighted by atomic mass is 16.6. The van der Waals surface area contributed by atoms with Crippen molar-refractivity contribution < 1.29 is 9.72 Å². The lowest BCUT2D eigenvalue weighted by atomic mass is 10.1. The number of benzene rings is 2. The van der Waals surface area contributed by atoms with E-state index in [1.807, 2.05) is 33.8 Å². The van der Waals surface area contributed by atoms with E-state index in [2.05, 4.69) is 32.0 Å². The van der Waals surface area contributed by atoms with Gasteiger partial charge in [0.05, 0.1) is 29.4 Å². The fraction of sp³-hybridized carbons (Fsp3) is 0.154. The van der Waals surface area contributed by atoms with Gasteiger partial charge in [-0.25, -0.2) is 4.68 Å². The van der Waals surface area contributed by atoms with Crippen molar-refractivity contribution >= 4 is 17.7 Å². The second-order valence-electron chi connectivity index (χ2n) is 8.42. The van der Waals surface area contributed by atoms with Crippen molar-refractivity contribution in [3.63, 3.8) is 0 Å². The predicted molar refractivity (Wildman–Crippen MR) is 129 cm³/mol. The van der Waals surface area contributed by atoms with Gasteiger partial charge in [0.25, 0.3) is 5.69 Å².